The molecule has 0 aliphatic heterocycles. The Morgan fingerprint density at radius 2 is 1.96 bits per heavy atom. The summed E-state index contributed by atoms with van der Waals surface area (Å²) in [6.45, 7) is 0.351. The minimum absolute atomic E-state index is 0.148. The van der Waals surface area contributed by atoms with Crippen molar-refractivity contribution in [2.45, 2.75) is 0 Å². The van der Waals surface area contributed by atoms with Crippen LogP contribution in [0.4, 0.5) is 5.95 Å². The second-order valence-electron chi connectivity index (χ2n) is 5.31. The fourth-order valence-electron chi connectivity index (χ4n) is 2.64. The van der Waals surface area contributed by atoms with Gasteiger partial charge in [0.05, 0.1) is 22.6 Å². The Balaban J connectivity index is 2.32. The van der Waals surface area contributed by atoms with Gasteiger partial charge in [0, 0.05) is 18.9 Å². The topological polar surface area (TPSA) is 126 Å². The number of hydrogen-bond donors (Lipinski definition) is 3. The van der Waals surface area contributed by atoms with Gasteiger partial charge in [-0.25, -0.2) is 9.97 Å². The summed E-state index contributed by atoms with van der Waals surface area (Å²) in [5, 5.41) is 0. The van der Waals surface area contributed by atoms with Gasteiger partial charge >= 0.3 is 0 Å². The fourth-order valence-corrected chi connectivity index (χ4v) is 2.64. The molecule has 25 heavy (non-hydrogen) atoms. The minimum atomic E-state index is -0.526. The van der Waals surface area contributed by atoms with E-state index < -0.39 is 5.91 Å². The molecule has 3 aromatic rings. The Morgan fingerprint density at radius 3 is 2.60 bits per heavy atom. The van der Waals surface area contributed by atoms with Crippen LogP contribution in [0.2, 0.25) is 0 Å². The smallest absolute Gasteiger partial charge is 0.250 e. The Morgan fingerprint density at radius 1 is 1.20 bits per heavy atom. The number of nitrogen functional groups attached to an aromatic ring is 1. The molecule has 0 saturated heterocycles. The lowest BCUT2D eigenvalue weighted by Gasteiger charge is -2.10. The summed E-state index contributed by atoms with van der Waals surface area (Å²) in [7, 11) is 0. The molecule has 0 aliphatic rings. The van der Waals surface area contributed by atoms with Crippen LogP contribution in [0.3, 0.4) is 0 Å². The number of nitrogens with two attached hydrogens (primary N) is 3. The number of carbonyl (C=O) groups is 1. The summed E-state index contributed by atoms with van der Waals surface area (Å²) in [6, 6.07) is 12.9. The van der Waals surface area contributed by atoms with E-state index in [9.17, 15) is 4.79 Å². The second kappa shape index (κ2) is 6.98. The SMILES string of the molecule is NCC=Cn1c(-c2ccnc(N)n2)cc(C(N)=O)c1-c1ccccc1. The first kappa shape index (κ1) is 16.4. The molecular weight excluding hydrogens is 316 g/mol. The molecule has 2 heterocycles. The summed E-state index contributed by atoms with van der Waals surface area (Å²) >= 11 is 0. The molecule has 1 amide bonds. The predicted octanol–water partition coefficient (Wildman–Crippen LogP) is 1.72. The molecule has 2 aromatic heterocycles. The third kappa shape index (κ3) is 3.26. The Hall–Kier alpha value is -3.45. The van der Waals surface area contributed by atoms with E-state index in [4.69, 9.17) is 17.2 Å². The summed E-state index contributed by atoms with van der Waals surface area (Å²) in [5.74, 6) is -0.378. The van der Waals surface area contributed by atoms with E-state index in [1.165, 1.54) is 0 Å². The van der Waals surface area contributed by atoms with Crippen LogP contribution in [-0.4, -0.2) is 27.0 Å². The second-order valence-corrected chi connectivity index (χ2v) is 5.31. The molecule has 126 valence electrons. The van der Waals surface area contributed by atoms with Crippen LogP contribution in [0.1, 0.15) is 10.4 Å². The molecule has 3 rings (SSSR count). The lowest BCUT2D eigenvalue weighted by Crippen LogP contribution is -2.11. The molecule has 7 heteroatoms. The number of rotatable bonds is 5. The maximum absolute atomic E-state index is 12.0. The molecule has 0 spiro atoms. The highest BCUT2D eigenvalue weighted by molar-refractivity contribution is 6.01. The van der Waals surface area contributed by atoms with Gasteiger partial charge in [-0.3, -0.25) is 4.79 Å². The molecule has 0 radical (unpaired) electrons. The standard InChI is InChI=1S/C18H18N6O/c19-8-4-10-24-15(14-7-9-22-18(21)23-14)11-13(17(20)25)16(24)12-5-2-1-3-6-12/h1-7,9-11H,8,19H2,(H2,20,25)(H2,21,22,23). The van der Waals surface area contributed by atoms with E-state index in [-0.39, 0.29) is 5.95 Å². The number of benzene rings is 1. The Labute approximate surface area is 144 Å². The first-order chi connectivity index (χ1) is 12.1. The number of hydrogen-bond acceptors (Lipinski definition) is 5. The molecule has 0 aliphatic carbocycles. The molecule has 0 unspecified atom stereocenters. The van der Waals surface area contributed by atoms with Crippen LogP contribution in [0.15, 0.2) is 54.7 Å². The maximum Gasteiger partial charge on any atom is 0.250 e. The van der Waals surface area contributed by atoms with Gasteiger partial charge in [-0.2, -0.15) is 0 Å². The predicted molar refractivity (Wildman–Crippen MR) is 98.2 cm³/mol. The Kier molecular flexibility index (Phi) is 4.58. The molecular formula is C18H18N6O. The summed E-state index contributed by atoms with van der Waals surface area (Å²) < 4.78 is 1.84. The van der Waals surface area contributed by atoms with Crippen molar-refractivity contribution < 1.29 is 4.79 Å². The van der Waals surface area contributed by atoms with E-state index in [1.807, 2.05) is 34.9 Å². The maximum atomic E-state index is 12.0. The molecule has 0 bridgehead atoms. The lowest BCUT2D eigenvalue weighted by atomic mass is 10.1. The van der Waals surface area contributed by atoms with Gasteiger partial charge in [0.2, 0.25) is 5.95 Å². The van der Waals surface area contributed by atoms with Crippen molar-refractivity contribution in [3.05, 3.63) is 60.3 Å². The van der Waals surface area contributed by atoms with E-state index >= 15 is 0 Å². The van der Waals surface area contributed by atoms with Crippen LogP contribution < -0.4 is 17.2 Å². The van der Waals surface area contributed by atoms with Gasteiger partial charge < -0.3 is 21.8 Å². The van der Waals surface area contributed by atoms with Crippen molar-refractivity contribution in [1.29, 1.82) is 0 Å². The van der Waals surface area contributed by atoms with Gasteiger partial charge in [0.15, 0.2) is 0 Å². The fraction of sp³-hybridized carbons (Fsp3) is 0.0556. The highest BCUT2D eigenvalue weighted by Crippen LogP contribution is 2.32. The number of aromatic nitrogens is 3. The monoisotopic (exact) mass is 334 g/mol. The van der Waals surface area contributed by atoms with Gasteiger partial charge in [-0.05, 0) is 17.7 Å². The third-order valence-electron chi connectivity index (χ3n) is 3.68. The lowest BCUT2D eigenvalue weighted by molar-refractivity contribution is 0.100. The summed E-state index contributed by atoms with van der Waals surface area (Å²) in [5.41, 5.74) is 20.1. The number of amides is 1. The van der Waals surface area contributed by atoms with Crippen molar-refractivity contribution in [3.63, 3.8) is 0 Å². The van der Waals surface area contributed by atoms with Crippen molar-refractivity contribution >= 4 is 18.1 Å². The number of carbonyl (C=O) groups excluding carboxylic acids is 1. The normalized spacial score (nSPS) is 11.1. The van der Waals surface area contributed by atoms with Crippen molar-refractivity contribution in [2.24, 2.45) is 11.5 Å². The average molecular weight is 334 g/mol. The minimum Gasteiger partial charge on any atom is -0.368 e. The van der Waals surface area contributed by atoms with E-state index in [0.29, 0.717) is 29.2 Å². The van der Waals surface area contributed by atoms with Crippen molar-refractivity contribution in [1.82, 2.24) is 14.5 Å². The van der Waals surface area contributed by atoms with E-state index in [2.05, 4.69) is 9.97 Å². The van der Waals surface area contributed by atoms with Crippen LogP contribution >= 0.6 is 0 Å². The molecule has 1 aromatic carbocycles. The van der Waals surface area contributed by atoms with Crippen LogP contribution in [0.25, 0.3) is 28.8 Å². The quantitative estimate of drug-likeness (QED) is 0.655. The van der Waals surface area contributed by atoms with E-state index in [1.54, 1.807) is 30.6 Å². The van der Waals surface area contributed by atoms with Gasteiger partial charge in [-0.15, -0.1) is 0 Å². The molecule has 0 saturated carbocycles. The van der Waals surface area contributed by atoms with E-state index in [0.717, 1.165) is 5.56 Å². The Bertz CT molecular complexity index is 930. The van der Waals surface area contributed by atoms with Crippen molar-refractivity contribution in [2.75, 3.05) is 12.3 Å². The molecule has 0 atom stereocenters. The largest absolute Gasteiger partial charge is 0.368 e. The third-order valence-corrected chi connectivity index (χ3v) is 3.68. The first-order valence-electron chi connectivity index (χ1n) is 7.68. The molecule has 6 N–H and O–H groups in total. The van der Waals surface area contributed by atoms with Crippen molar-refractivity contribution in [3.8, 4) is 22.6 Å². The highest BCUT2D eigenvalue weighted by Gasteiger charge is 2.20. The molecule has 7 nitrogen and oxygen atoms in total. The van der Waals surface area contributed by atoms with Crippen LogP contribution in [0.5, 0.6) is 0 Å². The zero-order chi connectivity index (χ0) is 17.8. The van der Waals surface area contributed by atoms with Gasteiger partial charge in [0.25, 0.3) is 5.91 Å². The zero-order valence-electron chi connectivity index (χ0n) is 13.5. The van der Waals surface area contributed by atoms with Crippen LogP contribution in [-0.2, 0) is 0 Å². The average Bonchev–Trinajstić information content (AvgIpc) is 3.00. The first-order valence-corrected chi connectivity index (χ1v) is 7.68. The van der Waals surface area contributed by atoms with Gasteiger partial charge in [0.1, 0.15) is 0 Å². The summed E-state index contributed by atoms with van der Waals surface area (Å²) in [6.07, 6.45) is 5.14. The zero-order valence-corrected chi connectivity index (χ0v) is 13.5. The van der Waals surface area contributed by atoms with Gasteiger partial charge in [-0.1, -0.05) is 36.4 Å². The number of nitrogens with zero attached hydrogens (tertiary/aromatic N) is 3. The number of anilines is 1. The summed E-state index contributed by atoms with van der Waals surface area (Å²) in [4.78, 5) is 20.2. The number of primary amides is 1. The van der Waals surface area contributed by atoms with Crippen LogP contribution in [0, 0.1) is 0 Å². The molecule has 0 fully saturated rings. The highest BCUT2D eigenvalue weighted by atomic mass is 16.1.